The highest BCUT2D eigenvalue weighted by molar-refractivity contribution is 5.79. The molecule has 104 valence electrons. The summed E-state index contributed by atoms with van der Waals surface area (Å²) in [6.45, 7) is 0. The molecule has 0 saturated heterocycles. The van der Waals surface area contributed by atoms with Gasteiger partial charge in [0.2, 0.25) is 0 Å². The van der Waals surface area contributed by atoms with Gasteiger partial charge in [-0.25, -0.2) is 9.37 Å². The van der Waals surface area contributed by atoms with Crippen LogP contribution >= 0.6 is 0 Å². The summed E-state index contributed by atoms with van der Waals surface area (Å²) >= 11 is 0. The largest absolute Gasteiger partial charge is 0.302 e. The molecular formula is C16H12FN3O. The first kappa shape index (κ1) is 13.2. The molecule has 0 radical (unpaired) electrons. The number of hydrogen-bond acceptors (Lipinski definition) is 3. The Hall–Kier alpha value is -2.82. The number of benzene rings is 1. The van der Waals surface area contributed by atoms with Crippen molar-refractivity contribution < 1.29 is 4.39 Å². The van der Waals surface area contributed by atoms with Crippen LogP contribution in [0.15, 0.2) is 59.9 Å². The molecule has 0 amide bonds. The molecule has 2 aromatic heterocycles. The van der Waals surface area contributed by atoms with E-state index in [0.717, 1.165) is 5.56 Å². The van der Waals surface area contributed by atoms with Crippen LogP contribution < -0.4 is 5.56 Å². The lowest BCUT2D eigenvalue weighted by atomic mass is 10.0. The fourth-order valence-corrected chi connectivity index (χ4v) is 2.14. The fourth-order valence-electron chi connectivity index (χ4n) is 2.14. The van der Waals surface area contributed by atoms with Gasteiger partial charge in [-0.3, -0.25) is 9.78 Å². The molecule has 3 aromatic rings. The van der Waals surface area contributed by atoms with Crippen molar-refractivity contribution in [2.75, 3.05) is 0 Å². The molecule has 0 aliphatic rings. The van der Waals surface area contributed by atoms with Crippen molar-refractivity contribution in [1.82, 2.24) is 14.5 Å². The number of aryl methyl sites for hydroxylation is 1. The molecule has 0 N–H and O–H groups in total. The molecule has 2 heterocycles. The third-order valence-electron chi connectivity index (χ3n) is 3.22. The molecule has 0 aliphatic heterocycles. The van der Waals surface area contributed by atoms with Gasteiger partial charge in [-0.05, 0) is 29.8 Å². The maximum absolute atomic E-state index is 13.1. The first-order valence-electron chi connectivity index (χ1n) is 6.39. The summed E-state index contributed by atoms with van der Waals surface area (Å²) in [6, 6.07) is 9.40. The van der Waals surface area contributed by atoms with Crippen molar-refractivity contribution >= 4 is 0 Å². The number of nitrogens with zero attached hydrogens (tertiary/aromatic N) is 3. The molecule has 4 nitrogen and oxygen atoms in total. The Labute approximate surface area is 120 Å². The zero-order valence-electron chi connectivity index (χ0n) is 11.3. The Bertz CT molecular complexity index is 826. The van der Waals surface area contributed by atoms with Crippen LogP contribution in [-0.2, 0) is 7.05 Å². The first-order valence-corrected chi connectivity index (χ1v) is 6.39. The van der Waals surface area contributed by atoms with E-state index < -0.39 is 0 Å². The number of halogens is 1. The SMILES string of the molecule is Cn1cnc(-c2ccncc2)c(-c2ccc(F)cc2)c1=O. The topological polar surface area (TPSA) is 47.8 Å². The molecule has 0 unspecified atom stereocenters. The lowest BCUT2D eigenvalue weighted by molar-refractivity contribution is 0.628. The lowest BCUT2D eigenvalue weighted by Gasteiger charge is -2.10. The highest BCUT2D eigenvalue weighted by Crippen LogP contribution is 2.26. The zero-order valence-corrected chi connectivity index (χ0v) is 11.3. The maximum Gasteiger partial charge on any atom is 0.261 e. The van der Waals surface area contributed by atoms with E-state index in [4.69, 9.17) is 0 Å². The smallest absolute Gasteiger partial charge is 0.261 e. The van der Waals surface area contributed by atoms with Crippen LogP contribution in [0.25, 0.3) is 22.4 Å². The Morgan fingerprint density at radius 1 is 1.00 bits per heavy atom. The third kappa shape index (κ3) is 2.45. The van der Waals surface area contributed by atoms with Gasteiger partial charge >= 0.3 is 0 Å². The van der Waals surface area contributed by atoms with Gasteiger partial charge in [0, 0.05) is 25.0 Å². The van der Waals surface area contributed by atoms with E-state index in [1.54, 1.807) is 43.7 Å². The van der Waals surface area contributed by atoms with Crippen LogP contribution in [0.4, 0.5) is 4.39 Å². The van der Waals surface area contributed by atoms with Crippen molar-refractivity contribution in [1.29, 1.82) is 0 Å². The molecule has 0 bridgehead atoms. The summed E-state index contributed by atoms with van der Waals surface area (Å²) in [6.07, 6.45) is 4.76. The average molecular weight is 281 g/mol. The van der Waals surface area contributed by atoms with Gasteiger partial charge < -0.3 is 4.57 Å². The van der Waals surface area contributed by atoms with Crippen molar-refractivity contribution in [3.8, 4) is 22.4 Å². The fraction of sp³-hybridized carbons (Fsp3) is 0.0625. The van der Waals surface area contributed by atoms with Crippen molar-refractivity contribution in [2.24, 2.45) is 7.05 Å². The number of pyridine rings is 1. The summed E-state index contributed by atoms with van der Waals surface area (Å²) in [5, 5.41) is 0. The minimum Gasteiger partial charge on any atom is -0.302 e. The second-order valence-electron chi connectivity index (χ2n) is 4.63. The summed E-state index contributed by atoms with van der Waals surface area (Å²) in [5.74, 6) is -0.343. The minimum absolute atomic E-state index is 0.177. The predicted molar refractivity (Wildman–Crippen MR) is 78.1 cm³/mol. The number of hydrogen-bond donors (Lipinski definition) is 0. The lowest BCUT2D eigenvalue weighted by Crippen LogP contribution is -2.20. The molecule has 0 atom stereocenters. The van der Waals surface area contributed by atoms with E-state index in [1.807, 2.05) is 0 Å². The monoisotopic (exact) mass is 281 g/mol. The first-order chi connectivity index (χ1) is 10.2. The number of rotatable bonds is 2. The van der Waals surface area contributed by atoms with Crippen LogP contribution in [-0.4, -0.2) is 14.5 Å². The van der Waals surface area contributed by atoms with E-state index in [9.17, 15) is 9.18 Å². The Balaban J connectivity index is 2.30. The number of aromatic nitrogens is 3. The molecular weight excluding hydrogens is 269 g/mol. The second-order valence-corrected chi connectivity index (χ2v) is 4.63. The van der Waals surface area contributed by atoms with Gasteiger partial charge in [-0.1, -0.05) is 12.1 Å². The van der Waals surface area contributed by atoms with Crippen LogP contribution in [0.5, 0.6) is 0 Å². The van der Waals surface area contributed by atoms with Gasteiger partial charge in [0.15, 0.2) is 0 Å². The molecule has 0 fully saturated rings. The summed E-state index contributed by atoms with van der Waals surface area (Å²) in [7, 11) is 1.64. The second kappa shape index (κ2) is 5.28. The highest BCUT2D eigenvalue weighted by atomic mass is 19.1. The Kier molecular flexibility index (Phi) is 3.31. The Morgan fingerprint density at radius 2 is 1.67 bits per heavy atom. The van der Waals surface area contributed by atoms with E-state index >= 15 is 0 Å². The maximum atomic E-state index is 13.1. The summed E-state index contributed by atoms with van der Waals surface area (Å²) in [4.78, 5) is 20.8. The van der Waals surface area contributed by atoms with Crippen LogP contribution in [0, 0.1) is 5.82 Å². The molecule has 0 spiro atoms. The molecule has 1 aromatic carbocycles. The summed E-state index contributed by atoms with van der Waals surface area (Å²) < 4.78 is 14.5. The van der Waals surface area contributed by atoms with E-state index in [-0.39, 0.29) is 11.4 Å². The van der Waals surface area contributed by atoms with Crippen molar-refractivity contribution in [3.63, 3.8) is 0 Å². The normalized spacial score (nSPS) is 10.6. The van der Waals surface area contributed by atoms with Gasteiger partial charge in [0.25, 0.3) is 5.56 Å². The van der Waals surface area contributed by atoms with Crippen LogP contribution in [0.1, 0.15) is 0 Å². The highest BCUT2D eigenvalue weighted by Gasteiger charge is 2.14. The van der Waals surface area contributed by atoms with Gasteiger partial charge in [0.05, 0.1) is 17.6 Å². The molecule has 3 rings (SSSR count). The van der Waals surface area contributed by atoms with E-state index in [2.05, 4.69) is 9.97 Å². The minimum atomic E-state index is -0.343. The zero-order chi connectivity index (χ0) is 14.8. The van der Waals surface area contributed by atoms with Crippen LogP contribution in [0.2, 0.25) is 0 Å². The molecule has 21 heavy (non-hydrogen) atoms. The standard InChI is InChI=1S/C16H12FN3O/c1-20-10-19-15(12-6-8-18-9-7-12)14(16(20)21)11-2-4-13(17)5-3-11/h2-10H,1H3. The van der Waals surface area contributed by atoms with Crippen molar-refractivity contribution in [2.45, 2.75) is 0 Å². The predicted octanol–water partition coefficient (Wildman–Crippen LogP) is 2.65. The molecule has 5 heteroatoms. The Morgan fingerprint density at radius 3 is 2.33 bits per heavy atom. The van der Waals surface area contributed by atoms with Crippen LogP contribution in [0.3, 0.4) is 0 Å². The average Bonchev–Trinajstić information content (AvgIpc) is 2.52. The summed E-state index contributed by atoms with van der Waals surface area (Å²) in [5.41, 5.74) is 2.26. The van der Waals surface area contributed by atoms with Gasteiger partial charge in [-0.15, -0.1) is 0 Å². The van der Waals surface area contributed by atoms with Crippen molar-refractivity contribution in [3.05, 3.63) is 71.3 Å². The van der Waals surface area contributed by atoms with Gasteiger partial charge in [-0.2, -0.15) is 0 Å². The molecule has 0 aliphatic carbocycles. The molecule has 0 saturated carbocycles. The quantitative estimate of drug-likeness (QED) is 0.725. The third-order valence-corrected chi connectivity index (χ3v) is 3.22. The van der Waals surface area contributed by atoms with E-state index in [0.29, 0.717) is 16.8 Å². The van der Waals surface area contributed by atoms with Gasteiger partial charge in [0.1, 0.15) is 5.82 Å². The van der Waals surface area contributed by atoms with E-state index in [1.165, 1.54) is 23.0 Å².